The second kappa shape index (κ2) is 9.26. The molecule has 1 saturated carbocycles. The van der Waals surface area contributed by atoms with E-state index in [0.717, 1.165) is 18.2 Å². The average Bonchev–Trinajstić information content (AvgIpc) is 3.21. The van der Waals surface area contributed by atoms with E-state index < -0.39 is 0 Å². The first-order valence-electron chi connectivity index (χ1n) is 9.91. The number of benzene rings is 1. The van der Waals surface area contributed by atoms with Gasteiger partial charge < -0.3 is 19.7 Å². The molecular weight excluding hydrogens is 328 g/mol. The van der Waals surface area contributed by atoms with Gasteiger partial charge in [-0.15, -0.1) is 0 Å². The summed E-state index contributed by atoms with van der Waals surface area (Å²) in [6, 6.07) is 6.47. The van der Waals surface area contributed by atoms with E-state index in [1.54, 1.807) is 14.2 Å². The molecule has 1 heterocycles. The van der Waals surface area contributed by atoms with E-state index in [4.69, 9.17) is 9.47 Å². The van der Waals surface area contributed by atoms with Gasteiger partial charge in [-0.25, -0.2) is 0 Å². The van der Waals surface area contributed by atoms with Crippen LogP contribution in [0.3, 0.4) is 0 Å². The lowest BCUT2D eigenvalue weighted by atomic mass is 9.95. The third kappa shape index (κ3) is 4.91. The molecule has 1 amide bonds. The Morgan fingerprint density at radius 3 is 2.42 bits per heavy atom. The number of nitrogens with zero attached hydrogens (tertiary/aromatic N) is 1. The van der Waals surface area contributed by atoms with Crippen LogP contribution < -0.4 is 14.8 Å². The Hall–Kier alpha value is -1.75. The largest absolute Gasteiger partial charge is 0.493 e. The minimum Gasteiger partial charge on any atom is -0.493 e. The fourth-order valence-electron chi connectivity index (χ4n) is 4.29. The first-order valence-corrected chi connectivity index (χ1v) is 9.91. The molecule has 0 bridgehead atoms. The highest BCUT2D eigenvalue weighted by Crippen LogP contribution is 2.28. The molecule has 5 nitrogen and oxygen atoms in total. The first kappa shape index (κ1) is 19.0. The molecule has 2 aliphatic rings. The van der Waals surface area contributed by atoms with E-state index >= 15 is 0 Å². The molecule has 1 aliphatic carbocycles. The van der Waals surface area contributed by atoms with Gasteiger partial charge in [0, 0.05) is 12.6 Å². The van der Waals surface area contributed by atoms with Crippen LogP contribution in [0.1, 0.15) is 44.1 Å². The number of hydrogen-bond donors (Lipinski definition) is 1. The van der Waals surface area contributed by atoms with Gasteiger partial charge in [0.05, 0.1) is 20.6 Å². The lowest BCUT2D eigenvalue weighted by Gasteiger charge is -2.36. The van der Waals surface area contributed by atoms with Crippen LogP contribution in [0.2, 0.25) is 0 Å². The number of ether oxygens (including phenoxy) is 2. The molecule has 0 atom stereocenters. The van der Waals surface area contributed by atoms with E-state index in [9.17, 15) is 4.79 Å². The SMILES string of the molecule is COc1ccc(CC(=O)NCC2CCN(C3CCCC3)CC2)cc1OC. The van der Waals surface area contributed by atoms with Crippen molar-refractivity contribution in [2.24, 2.45) is 5.92 Å². The summed E-state index contributed by atoms with van der Waals surface area (Å²) in [4.78, 5) is 15.0. The molecule has 5 heteroatoms. The Morgan fingerprint density at radius 2 is 1.77 bits per heavy atom. The van der Waals surface area contributed by atoms with Gasteiger partial charge in [-0.3, -0.25) is 4.79 Å². The Morgan fingerprint density at radius 1 is 1.08 bits per heavy atom. The number of piperidine rings is 1. The number of rotatable bonds is 7. The van der Waals surface area contributed by atoms with Crippen molar-refractivity contribution in [2.75, 3.05) is 33.9 Å². The van der Waals surface area contributed by atoms with E-state index in [1.165, 1.54) is 51.6 Å². The van der Waals surface area contributed by atoms with Gasteiger partial charge in [-0.1, -0.05) is 18.9 Å². The standard InChI is InChI=1S/C21H32N2O3/c1-25-19-8-7-17(13-20(19)26-2)14-21(24)22-15-16-9-11-23(12-10-16)18-5-3-4-6-18/h7-8,13,16,18H,3-6,9-12,14-15H2,1-2H3,(H,22,24). The Bertz CT molecular complexity index is 591. The van der Waals surface area contributed by atoms with Gasteiger partial charge in [0.25, 0.3) is 0 Å². The maximum Gasteiger partial charge on any atom is 0.224 e. The third-order valence-electron chi connectivity index (χ3n) is 5.89. The second-order valence-electron chi connectivity index (χ2n) is 7.59. The molecule has 1 aliphatic heterocycles. The molecule has 26 heavy (non-hydrogen) atoms. The van der Waals surface area contributed by atoms with Crippen molar-refractivity contribution in [2.45, 2.75) is 51.0 Å². The molecule has 1 saturated heterocycles. The van der Waals surface area contributed by atoms with Crippen LogP contribution in [-0.4, -0.2) is 50.7 Å². The average molecular weight is 360 g/mol. The highest BCUT2D eigenvalue weighted by Gasteiger charge is 2.27. The van der Waals surface area contributed by atoms with Gasteiger partial charge in [-0.2, -0.15) is 0 Å². The summed E-state index contributed by atoms with van der Waals surface area (Å²) in [5, 5.41) is 3.12. The smallest absolute Gasteiger partial charge is 0.224 e. The highest BCUT2D eigenvalue weighted by atomic mass is 16.5. The third-order valence-corrected chi connectivity index (χ3v) is 5.89. The minimum absolute atomic E-state index is 0.0791. The van der Waals surface area contributed by atoms with Crippen LogP contribution in [0.15, 0.2) is 18.2 Å². The summed E-state index contributed by atoms with van der Waals surface area (Å²) in [7, 11) is 3.22. The van der Waals surface area contributed by atoms with Crippen LogP contribution in [0.5, 0.6) is 11.5 Å². The summed E-state index contributed by atoms with van der Waals surface area (Å²) >= 11 is 0. The van der Waals surface area contributed by atoms with Crippen LogP contribution in [0, 0.1) is 5.92 Å². The number of nitrogens with one attached hydrogen (secondary N) is 1. The number of carbonyl (C=O) groups is 1. The van der Waals surface area contributed by atoms with Gasteiger partial charge in [0.2, 0.25) is 5.91 Å². The Balaban J connectivity index is 1.40. The second-order valence-corrected chi connectivity index (χ2v) is 7.59. The Kier molecular flexibility index (Phi) is 6.78. The lowest BCUT2D eigenvalue weighted by molar-refractivity contribution is -0.120. The van der Waals surface area contributed by atoms with Crippen LogP contribution >= 0.6 is 0 Å². The molecule has 0 aromatic heterocycles. The first-order chi connectivity index (χ1) is 12.7. The number of likely N-dealkylation sites (tertiary alicyclic amines) is 1. The molecule has 0 spiro atoms. The highest BCUT2D eigenvalue weighted by molar-refractivity contribution is 5.78. The molecule has 1 N–H and O–H groups in total. The van der Waals surface area contributed by atoms with Crippen LogP contribution in [0.4, 0.5) is 0 Å². The van der Waals surface area contributed by atoms with Gasteiger partial charge in [0.1, 0.15) is 0 Å². The summed E-state index contributed by atoms with van der Waals surface area (Å²) in [5.74, 6) is 2.04. The zero-order valence-corrected chi connectivity index (χ0v) is 16.1. The zero-order chi connectivity index (χ0) is 18.4. The molecule has 0 unspecified atom stereocenters. The van der Waals surface area contributed by atoms with Crippen molar-refractivity contribution in [1.82, 2.24) is 10.2 Å². The fourth-order valence-corrected chi connectivity index (χ4v) is 4.29. The van der Waals surface area contributed by atoms with Gasteiger partial charge >= 0.3 is 0 Å². The monoisotopic (exact) mass is 360 g/mol. The predicted octanol–water partition coefficient (Wildman–Crippen LogP) is 3.02. The molecule has 2 fully saturated rings. The Labute approximate surface area is 157 Å². The van der Waals surface area contributed by atoms with Gasteiger partial charge in [-0.05, 0) is 62.4 Å². The summed E-state index contributed by atoms with van der Waals surface area (Å²) < 4.78 is 10.5. The normalized spacial score (nSPS) is 19.5. The molecule has 1 aromatic carbocycles. The van der Waals surface area contributed by atoms with E-state index in [-0.39, 0.29) is 5.91 Å². The maximum atomic E-state index is 12.3. The van der Waals surface area contributed by atoms with Crippen molar-refractivity contribution in [1.29, 1.82) is 0 Å². The van der Waals surface area contributed by atoms with E-state index in [1.807, 2.05) is 18.2 Å². The minimum atomic E-state index is 0.0791. The molecule has 3 rings (SSSR count). The fraction of sp³-hybridized carbons (Fsp3) is 0.667. The van der Waals surface area contributed by atoms with E-state index in [0.29, 0.717) is 23.8 Å². The maximum absolute atomic E-state index is 12.3. The summed E-state index contributed by atoms with van der Waals surface area (Å²) in [6.07, 6.45) is 8.34. The molecular formula is C21H32N2O3. The summed E-state index contributed by atoms with van der Waals surface area (Å²) in [5.41, 5.74) is 0.941. The molecule has 144 valence electrons. The van der Waals surface area contributed by atoms with Crippen LogP contribution in [0.25, 0.3) is 0 Å². The summed E-state index contributed by atoms with van der Waals surface area (Å²) in [6.45, 7) is 3.19. The van der Waals surface area contributed by atoms with E-state index in [2.05, 4.69) is 10.2 Å². The number of hydrogen-bond acceptors (Lipinski definition) is 4. The number of methoxy groups -OCH3 is 2. The van der Waals surface area contributed by atoms with Crippen molar-refractivity contribution >= 4 is 5.91 Å². The van der Waals surface area contributed by atoms with Crippen LogP contribution in [-0.2, 0) is 11.2 Å². The molecule has 1 aromatic rings. The zero-order valence-electron chi connectivity index (χ0n) is 16.1. The lowest BCUT2D eigenvalue weighted by Crippen LogP contribution is -2.42. The molecule has 0 radical (unpaired) electrons. The quantitative estimate of drug-likeness (QED) is 0.812. The van der Waals surface area contributed by atoms with Crippen molar-refractivity contribution in [3.05, 3.63) is 23.8 Å². The topological polar surface area (TPSA) is 50.8 Å². The van der Waals surface area contributed by atoms with Crippen molar-refractivity contribution < 1.29 is 14.3 Å². The van der Waals surface area contributed by atoms with Gasteiger partial charge in [0.15, 0.2) is 11.5 Å². The predicted molar refractivity (Wildman–Crippen MR) is 103 cm³/mol. The van der Waals surface area contributed by atoms with Crippen molar-refractivity contribution in [3.63, 3.8) is 0 Å². The number of amides is 1. The van der Waals surface area contributed by atoms with Crippen molar-refractivity contribution in [3.8, 4) is 11.5 Å². The number of carbonyl (C=O) groups excluding carboxylic acids is 1.